The Bertz CT molecular complexity index is 609. The first kappa shape index (κ1) is 14.2. The normalized spacial score (nSPS) is 26.5. The fourth-order valence-corrected chi connectivity index (χ4v) is 3.05. The van der Waals surface area contributed by atoms with E-state index < -0.39 is 0 Å². The van der Waals surface area contributed by atoms with Gasteiger partial charge in [0.15, 0.2) is 0 Å². The second kappa shape index (κ2) is 5.94. The highest BCUT2D eigenvalue weighted by atomic mass is 35.5. The number of nitrogens with one attached hydrogen (secondary N) is 1. The van der Waals surface area contributed by atoms with Gasteiger partial charge in [-0.05, 0) is 42.9 Å². The van der Waals surface area contributed by atoms with Crippen molar-refractivity contribution in [3.05, 3.63) is 53.1 Å². The van der Waals surface area contributed by atoms with Gasteiger partial charge in [-0.25, -0.2) is 0 Å². The summed E-state index contributed by atoms with van der Waals surface area (Å²) < 4.78 is 5.23. The smallest absolute Gasteiger partial charge is 0.255 e. The van der Waals surface area contributed by atoms with Crippen LogP contribution in [0.5, 0.6) is 5.75 Å². The number of allylic oxidation sites excluding steroid dienone is 4. The van der Waals surface area contributed by atoms with Crippen molar-refractivity contribution in [2.45, 2.75) is 18.9 Å². The molecular formula is C17H18ClNO2. The Morgan fingerprint density at radius 2 is 2.24 bits per heavy atom. The highest BCUT2D eigenvalue weighted by molar-refractivity contribution is 6.31. The number of halogens is 1. The molecular weight excluding hydrogens is 286 g/mol. The van der Waals surface area contributed by atoms with Gasteiger partial charge in [0.1, 0.15) is 5.75 Å². The first-order valence-corrected chi connectivity index (χ1v) is 7.54. The van der Waals surface area contributed by atoms with E-state index in [9.17, 15) is 4.79 Å². The highest BCUT2D eigenvalue weighted by Crippen LogP contribution is 2.41. The lowest BCUT2D eigenvalue weighted by Gasteiger charge is -2.13. The van der Waals surface area contributed by atoms with Gasteiger partial charge in [-0.1, -0.05) is 35.9 Å². The van der Waals surface area contributed by atoms with Crippen LogP contribution < -0.4 is 10.1 Å². The van der Waals surface area contributed by atoms with Gasteiger partial charge in [0.05, 0.1) is 12.7 Å². The SMILES string of the molecule is COc1ccc(Cl)cc1C(=O)N[C@@H]1C[C@H]1C1C=CC=CC1. The molecule has 2 aliphatic carbocycles. The molecule has 3 atom stereocenters. The van der Waals surface area contributed by atoms with Crippen LogP contribution in [0.1, 0.15) is 23.2 Å². The maximum absolute atomic E-state index is 12.4. The summed E-state index contributed by atoms with van der Waals surface area (Å²) in [5.74, 6) is 1.52. The molecule has 110 valence electrons. The number of hydrogen-bond donors (Lipinski definition) is 1. The Morgan fingerprint density at radius 1 is 1.38 bits per heavy atom. The van der Waals surface area contributed by atoms with Crippen molar-refractivity contribution in [3.63, 3.8) is 0 Å². The number of ether oxygens (including phenoxy) is 1. The lowest BCUT2D eigenvalue weighted by molar-refractivity contribution is 0.0945. The van der Waals surface area contributed by atoms with Crippen LogP contribution >= 0.6 is 11.6 Å². The van der Waals surface area contributed by atoms with Crippen molar-refractivity contribution in [3.8, 4) is 5.75 Å². The maximum atomic E-state index is 12.4. The Morgan fingerprint density at radius 3 is 2.95 bits per heavy atom. The van der Waals surface area contributed by atoms with Crippen molar-refractivity contribution in [2.24, 2.45) is 11.8 Å². The largest absolute Gasteiger partial charge is 0.496 e. The zero-order valence-corrected chi connectivity index (χ0v) is 12.6. The summed E-state index contributed by atoms with van der Waals surface area (Å²) in [6, 6.07) is 5.34. The molecule has 1 aromatic rings. The first-order valence-electron chi connectivity index (χ1n) is 7.17. The minimum Gasteiger partial charge on any atom is -0.496 e. The van der Waals surface area contributed by atoms with Crippen LogP contribution in [0.4, 0.5) is 0 Å². The number of methoxy groups -OCH3 is 1. The third kappa shape index (κ3) is 3.13. The summed E-state index contributed by atoms with van der Waals surface area (Å²) in [5, 5.41) is 3.62. The second-order valence-electron chi connectivity index (χ2n) is 5.54. The van der Waals surface area contributed by atoms with Crippen LogP contribution in [-0.4, -0.2) is 19.1 Å². The fourth-order valence-electron chi connectivity index (χ4n) is 2.87. The molecule has 3 rings (SSSR count). The van der Waals surface area contributed by atoms with Crippen LogP contribution in [-0.2, 0) is 0 Å². The lowest BCUT2D eigenvalue weighted by Crippen LogP contribution is -2.28. The molecule has 0 aliphatic heterocycles. The molecule has 1 saturated carbocycles. The first-order chi connectivity index (χ1) is 10.2. The predicted octanol–water partition coefficient (Wildman–Crippen LogP) is 3.60. The average molecular weight is 304 g/mol. The van der Waals surface area contributed by atoms with Crippen LogP contribution in [0, 0.1) is 11.8 Å². The van der Waals surface area contributed by atoms with Crippen LogP contribution in [0.25, 0.3) is 0 Å². The average Bonchev–Trinajstić information content (AvgIpc) is 3.27. The zero-order chi connectivity index (χ0) is 14.8. The summed E-state index contributed by atoms with van der Waals surface area (Å²) >= 11 is 5.97. The summed E-state index contributed by atoms with van der Waals surface area (Å²) in [4.78, 5) is 12.4. The third-order valence-electron chi connectivity index (χ3n) is 4.13. The van der Waals surface area contributed by atoms with Crippen molar-refractivity contribution in [1.82, 2.24) is 5.32 Å². The summed E-state index contributed by atoms with van der Waals surface area (Å²) in [6.45, 7) is 0. The molecule has 2 aliphatic rings. The molecule has 4 heteroatoms. The molecule has 1 fully saturated rings. The Kier molecular flexibility index (Phi) is 4.02. The van der Waals surface area contributed by atoms with E-state index in [0.717, 1.165) is 12.8 Å². The minimum absolute atomic E-state index is 0.114. The van der Waals surface area contributed by atoms with Crippen LogP contribution in [0.2, 0.25) is 5.02 Å². The Labute approximate surface area is 129 Å². The number of carbonyl (C=O) groups is 1. The molecule has 3 nitrogen and oxygen atoms in total. The number of amides is 1. The molecule has 0 spiro atoms. The molecule has 0 aromatic heterocycles. The molecule has 1 amide bonds. The van der Waals surface area contributed by atoms with E-state index in [1.807, 2.05) is 0 Å². The maximum Gasteiger partial charge on any atom is 0.255 e. The van der Waals surface area contributed by atoms with E-state index in [-0.39, 0.29) is 11.9 Å². The van der Waals surface area contributed by atoms with Gasteiger partial charge in [-0.3, -0.25) is 4.79 Å². The topological polar surface area (TPSA) is 38.3 Å². The second-order valence-corrected chi connectivity index (χ2v) is 5.97. The van der Waals surface area contributed by atoms with E-state index in [2.05, 4.69) is 29.6 Å². The molecule has 0 bridgehead atoms. The molecule has 1 unspecified atom stereocenters. The van der Waals surface area contributed by atoms with Gasteiger partial charge in [0.2, 0.25) is 0 Å². The summed E-state index contributed by atoms with van der Waals surface area (Å²) in [5.41, 5.74) is 0.495. The number of benzene rings is 1. The molecule has 0 heterocycles. The van der Waals surface area contributed by atoms with Crippen LogP contribution in [0.3, 0.4) is 0 Å². The summed E-state index contributed by atoms with van der Waals surface area (Å²) in [6.07, 6.45) is 10.7. The molecule has 1 aromatic carbocycles. The van der Waals surface area contributed by atoms with Crippen LogP contribution in [0.15, 0.2) is 42.5 Å². The van der Waals surface area contributed by atoms with E-state index >= 15 is 0 Å². The van der Waals surface area contributed by atoms with Gasteiger partial charge in [0.25, 0.3) is 5.91 Å². The van der Waals surface area contributed by atoms with Crippen molar-refractivity contribution in [2.75, 3.05) is 7.11 Å². The van der Waals surface area contributed by atoms with E-state index in [1.165, 1.54) is 0 Å². The summed E-state index contributed by atoms with van der Waals surface area (Å²) in [7, 11) is 1.55. The quantitative estimate of drug-likeness (QED) is 0.923. The molecule has 21 heavy (non-hydrogen) atoms. The van der Waals surface area contributed by atoms with Gasteiger partial charge >= 0.3 is 0 Å². The molecule has 0 radical (unpaired) electrons. The number of carbonyl (C=O) groups excluding carboxylic acids is 1. The fraction of sp³-hybridized carbons (Fsp3) is 0.353. The van der Waals surface area contributed by atoms with E-state index in [4.69, 9.17) is 16.3 Å². The Balaban J connectivity index is 1.64. The van der Waals surface area contributed by atoms with Gasteiger partial charge in [-0.15, -0.1) is 0 Å². The lowest BCUT2D eigenvalue weighted by atomic mass is 9.95. The number of rotatable bonds is 4. The van der Waals surface area contributed by atoms with Crippen molar-refractivity contribution in [1.29, 1.82) is 0 Å². The molecule has 1 N–H and O–H groups in total. The van der Waals surface area contributed by atoms with E-state index in [1.54, 1.807) is 25.3 Å². The standard InChI is InChI=1S/C17H18ClNO2/c1-21-16-8-7-12(18)9-14(16)17(20)19-15-10-13(15)11-5-3-2-4-6-11/h2-5,7-9,11,13,15H,6,10H2,1H3,(H,19,20)/t11?,13-,15+/m0/s1. The number of hydrogen-bond acceptors (Lipinski definition) is 2. The highest BCUT2D eigenvalue weighted by Gasteiger charge is 2.42. The van der Waals surface area contributed by atoms with Gasteiger partial charge < -0.3 is 10.1 Å². The minimum atomic E-state index is -0.114. The molecule has 0 saturated heterocycles. The Hall–Kier alpha value is -1.74. The predicted molar refractivity (Wildman–Crippen MR) is 83.8 cm³/mol. The van der Waals surface area contributed by atoms with Gasteiger partial charge in [-0.2, -0.15) is 0 Å². The van der Waals surface area contributed by atoms with E-state index in [0.29, 0.717) is 28.2 Å². The monoisotopic (exact) mass is 303 g/mol. The van der Waals surface area contributed by atoms with Crippen molar-refractivity contribution >= 4 is 17.5 Å². The third-order valence-corrected chi connectivity index (χ3v) is 4.36. The van der Waals surface area contributed by atoms with Crippen molar-refractivity contribution < 1.29 is 9.53 Å². The van der Waals surface area contributed by atoms with Gasteiger partial charge in [0, 0.05) is 11.1 Å². The zero-order valence-electron chi connectivity index (χ0n) is 11.9.